The number of Topliss-reactive ketones (excluding diaryl/α,β-unsaturated/α-hetero) is 1. The minimum Gasteiger partial charge on any atom is -0.489 e. The molecule has 1 aliphatic rings. The first-order chi connectivity index (χ1) is 10.2. The second-order valence-electron chi connectivity index (χ2n) is 6.28. The van der Waals surface area contributed by atoms with Crippen molar-refractivity contribution in [3.8, 4) is 5.75 Å². The molecule has 0 aliphatic carbocycles. The largest absolute Gasteiger partial charge is 0.489 e. The molecule has 0 bridgehead atoms. The highest BCUT2D eigenvalue weighted by Crippen LogP contribution is 2.30. The van der Waals surface area contributed by atoms with Gasteiger partial charge in [-0.1, -0.05) is 57.1 Å². The molecule has 0 spiro atoms. The van der Waals surface area contributed by atoms with Crippen molar-refractivity contribution in [3.05, 3.63) is 29.3 Å². The standard InChI is InChI=1S/C19H28O2/c1-3-4-5-6-7-8-9-10-16-14-18(20)17-13-15(2)11-12-19(17)21-16/h11-13,16H,3-10,14H2,1-2H3. The zero-order valence-electron chi connectivity index (χ0n) is 13.5. The summed E-state index contributed by atoms with van der Waals surface area (Å²) < 4.78 is 5.98. The van der Waals surface area contributed by atoms with Gasteiger partial charge in [-0.05, 0) is 31.9 Å². The van der Waals surface area contributed by atoms with Gasteiger partial charge < -0.3 is 4.74 Å². The normalized spacial score (nSPS) is 17.4. The van der Waals surface area contributed by atoms with E-state index in [-0.39, 0.29) is 11.9 Å². The monoisotopic (exact) mass is 288 g/mol. The lowest BCUT2D eigenvalue weighted by Crippen LogP contribution is -2.26. The topological polar surface area (TPSA) is 26.3 Å². The molecule has 0 amide bonds. The third kappa shape index (κ3) is 4.87. The minimum atomic E-state index is 0.0864. The Balaban J connectivity index is 1.72. The highest BCUT2D eigenvalue weighted by atomic mass is 16.5. The molecule has 1 aromatic carbocycles. The van der Waals surface area contributed by atoms with Crippen LogP contribution in [0.15, 0.2) is 18.2 Å². The Kier molecular flexibility index (Phi) is 6.28. The van der Waals surface area contributed by atoms with Crippen LogP contribution in [0.4, 0.5) is 0 Å². The zero-order valence-corrected chi connectivity index (χ0v) is 13.5. The van der Waals surface area contributed by atoms with Gasteiger partial charge in [-0.25, -0.2) is 0 Å². The van der Waals surface area contributed by atoms with Crippen molar-refractivity contribution in [1.82, 2.24) is 0 Å². The molecule has 1 heterocycles. The van der Waals surface area contributed by atoms with Crippen LogP contribution in [0.2, 0.25) is 0 Å². The van der Waals surface area contributed by atoms with Crippen molar-refractivity contribution >= 4 is 5.78 Å². The van der Waals surface area contributed by atoms with Crippen molar-refractivity contribution in [1.29, 1.82) is 0 Å². The van der Waals surface area contributed by atoms with Crippen molar-refractivity contribution in [3.63, 3.8) is 0 Å². The molecule has 21 heavy (non-hydrogen) atoms. The first-order valence-corrected chi connectivity index (χ1v) is 8.51. The number of aryl methyl sites for hydroxylation is 1. The van der Waals surface area contributed by atoms with E-state index in [2.05, 4.69) is 6.92 Å². The summed E-state index contributed by atoms with van der Waals surface area (Å²) >= 11 is 0. The Morgan fingerprint density at radius 1 is 1.10 bits per heavy atom. The van der Waals surface area contributed by atoms with Crippen LogP contribution in [0, 0.1) is 6.92 Å². The van der Waals surface area contributed by atoms with E-state index >= 15 is 0 Å². The molecule has 2 heteroatoms. The van der Waals surface area contributed by atoms with Crippen molar-refractivity contribution in [2.24, 2.45) is 0 Å². The first-order valence-electron chi connectivity index (χ1n) is 8.51. The summed E-state index contributed by atoms with van der Waals surface area (Å²) in [6.45, 7) is 4.26. The van der Waals surface area contributed by atoms with Gasteiger partial charge in [-0.2, -0.15) is 0 Å². The van der Waals surface area contributed by atoms with Crippen LogP contribution < -0.4 is 4.74 Å². The van der Waals surface area contributed by atoms with Crippen molar-refractivity contribution < 1.29 is 9.53 Å². The van der Waals surface area contributed by atoms with E-state index in [0.29, 0.717) is 6.42 Å². The summed E-state index contributed by atoms with van der Waals surface area (Å²) in [4.78, 5) is 12.2. The van der Waals surface area contributed by atoms with E-state index in [1.54, 1.807) is 0 Å². The molecule has 1 aromatic rings. The van der Waals surface area contributed by atoms with E-state index in [1.807, 2.05) is 25.1 Å². The molecule has 0 saturated carbocycles. The third-order valence-electron chi connectivity index (χ3n) is 4.27. The smallest absolute Gasteiger partial charge is 0.170 e. The molecule has 0 saturated heterocycles. The lowest BCUT2D eigenvalue weighted by molar-refractivity contribution is 0.0835. The van der Waals surface area contributed by atoms with E-state index in [1.165, 1.54) is 44.9 Å². The number of benzene rings is 1. The van der Waals surface area contributed by atoms with Gasteiger partial charge in [-0.3, -0.25) is 4.79 Å². The fraction of sp³-hybridized carbons (Fsp3) is 0.632. The van der Waals surface area contributed by atoms with Crippen molar-refractivity contribution in [2.45, 2.75) is 77.7 Å². The average molecular weight is 288 g/mol. The highest BCUT2D eigenvalue weighted by molar-refractivity contribution is 6.00. The molecule has 116 valence electrons. The number of fused-ring (bicyclic) bond motifs is 1. The summed E-state index contributed by atoms with van der Waals surface area (Å²) in [5.74, 6) is 1.03. The van der Waals surface area contributed by atoms with Gasteiger partial charge in [0.1, 0.15) is 11.9 Å². The predicted molar refractivity (Wildman–Crippen MR) is 87.2 cm³/mol. The maximum absolute atomic E-state index is 12.2. The molecule has 1 unspecified atom stereocenters. The highest BCUT2D eigenvalue weighted by Gasteiger charge is 2.25. The maximum Gasteiger partial charge on any atom is 0.170 e. The molecule has 0 N–H and O–H groups in total. The Hall–Kier alpha value is -1.31. The number of ketones is 1. The minimum absolute atomic E-state index is 0.0864. The Bertz CT molecular complexity index is 465. The summed E-state index contributed by atoms with van der Waals surface area (Å²) in [6.07, 6.45) is 10.8. The zero-order chi connectivity index (χ0) is 15.1. The Labute approximate surface area is 128 Å². The summed E-state index contributed by atoms with van der Waals surface area (Å²) in [5.41, 5.74) is 1.89. The third-order valence-corrected chi connectivity index (χ3v) is 4.27. The van der Waals surface area contributed by atoms with Gasteiger partial charge in [0.15, 0.2) is 5.78 Å². The molecule has 1 aliphatic heterocycles. The van der Waals surface area contributed by atoms with Crippen LogP contribution in [0.1, 0.15) is 80.6 Å². The number of rotatable bonds is 8. The lowest BCUT2D eigenvalue weighted by Gasteiger charge is -2.25. The predicted octanol–water partition coefficient (Wildman–Crippen LogP) is 5.47. The summed E-state index contributed by atoms with van der Waals surface area (Å²) in [6, 6.07) is 5.91. The molecular formula is C19H28O2. The van der Waals surface area contributed by atoms with Crippen LogP contribution >= 0.6 is 0 Å². The van der Waals surface area contributed by atoms with Gasteiger partial charge in [-0.15, -0.1) is 0 Å². The molecule has 0 fully saturated rings. The Morgan fingerprint density at radius 2 is 1.81 bits per heavy atom. The fourth-order valence-corrected chi connectivity index (χ4v) is 2.99. The molecule has 1 atom stereocenters. The quantitative estimate of drug-likeness (QED) is 0.593. The van der Waals surface area contributed by atoms with Gasteiger partial charge in [0, 0.05) is 6.42 Å². The molecule has 0 radical (unpaired) electrons. The molecule has 2 nitrogen and oxygen atoms in total. The van der Waals surface area contributed by atoms with Crippen LogP contribution in [0.25, 0.3) is 0 Å². The second-order valence-corrected chi connectivity index (χ2v) is 6.28. The van der Waals surface area contributed by atoms with Crippen LogP contribution in [-0.4, -0.2) is 11.9 Å². The summed E-state index contributed by atoms with van der Waals surface area (Å²) in [5, 5.41) is 0. The van der Waals surface area contributed by atoms with E-state index < -0.39 is 0 Å². The average Bonchev–Trinajstić information content (AvgIpc) is 2.47. The van der Waals surface area contributed by atoms with Gasteiger partial charge >= 0.3 is 0 Å². The van der Waals surface area contributed by atoms with Crippen LogP contribution in [0.3, 0.4) is 0 Å². The van der Waals surface area contributed by atoms with Crippen molar-refractivity contribution in [2.75, 3.05) is 0 Å². The number of hydrogen-bond acceptors (Lipinski definition) is 2. The van der Waals surface area contributed by atoms with Gasteiger partial charge in [0.2, 0.25) is 0 Å². The first kappa shape index (κ1) is 16.1. The molecule has 2 rings (SSSR count). The van der Waals surface area contributed by atoms with Gasteiger partial charge in [0.25, 0.3) is 0 Å². The fourth-order valence-electron chi connectivity index (χ4n) is 2.99. The lowest BCUT2D eigenvalue weighted by atomic mass is 9.96. The van der Waals surface area contributed by atoms with E-state index in [4.69, 9.17) is 4.74 Å². The number of unbranched alkanes of at least 4 members (excludes halogenated alkanes) is 6. The molecule has 0 aromatic heterocycles. The SMILES string of the molecule is CCCCCCCCCC1CC(=O)c2cc(C)ccc2O1. The second kappa shape index (κ2) is 8.21. The number of carbonyl (C=O) groups is 1. The Morgan fingerprint density at radius 3 is 2.57 bits per heavy atom. The van der Waals surface area contributed by atoms with Crippen LogP contribution in [0.5, 0.6) is 5.75 Å². The summed E-state index contributed by atoms with van der Waals surface area (Å²) in [7, 11) is 0. The van der Waals surface area contributed by atoms with Gasteiger partial charge in [0.05, 0.1) is 5.56 Å². The number of ether oxygens (including phenoxy) is 1. The number of carbonyl (C=O) groups excluding carboxylic acids is 1. The number of hydrogen-bond donors (Lipinski definition) is 0. The van der Waals surface area contributed by atoms with E-state index in [0.717, 1.165) is 23.3 Å². The van der Waals surface area contributed by atoms with E-state index in [9.17, 15) is 4.79 Å². The molecular weight excluding hydrogens is 260 g/mol. The maximum atomic E-state index is 12.2. The van der Waals surface area contributed by atoms with Crippen LogP contribution in [-0.2, 0) is 0 Å².